The third kappa shape index (κ3) is 4.15. The SMILES string of the molecule is CC[C@@H](C)N(C(=O)CSc1ncnc2sccc12)[C@H]1CCS(=O)(=O)C1. The molecule has 2 aromatic heterocycles. The fourth-order valence-corrected chi connectivity index (χ4v) is 6.45. The fraction of sp³-hybridized carbons (Fsp3) is 0.562. The van der Waals surface area contributed by atoms with Crippen molar-refractivity contribution in [1.29, 1.82) is 0 Å². The highest BCUT2D eigenvalue weighted by Gasteiger charge is 2.36. The van der Waals surface area contributed by atoms with Crippen LogP contribution in [0.4, 0.5) is 0 Å². The van der Waals surface area contributed by atoms with Gasteiger partial charge in [-0.2, -0.15) is 0 Å². The smallest absolute Gasteiger partial charge is 0.233 e. The Kier molecular flexibility index (Phi) is 5.65. The standard InChI is InChI=1S/C16H21N3O3S3/c1-3-11(2)19(12-5-7-25(21,22)9-12)14(20)8-24-16-13-4-6-23-15(13)17-10-18-16/h4,6,10-12H,3,5,7-9H2,1-2H3/t11-,12+/m1/s1. The molecule has 0 N–H and O–H groups in total. The second kappa shape index (κ2) is 7.59. The molecule has 9 heteroatoms. The molecule has 1 amide bonds. The van der Waals surface area contributed by atoms with Gasteiger partial charge in [0.25, 0.3) is 0 Å². The van der Waals surface area contributed by atoms with Crippen molar-refractivity contribution in [2.24, 2.45) is 0 Å². The quantitative estimate of drug-likeness (QED) is 0.549. The minimum Gasteiger partial charge on any atom is -0.335 e. The van der Waals surface area contributed by atoms with Crippen LogP contribution in [0.25, 0.3) is 10.2 Å². The number of hydrogen-bond acceptors (Lipinski definition) is 7. The van der Waals surface area contributed by atoms with Crippen LogP contribution >= 0.6 is 23.1 Å². The number of nitrogens with zero attached hydrogens (tertiary/aromatic N) is 3. The Morgan fingerprint density at radius 3 is 2.96 bits per heavy atom. The molecule has 0 bridgehead atoms. The fourth-order valence-electron chi connectivity index (χ4n) is 3.09. The Bertz CT molecular complexity index is 866. The average molecular weight is 400 g/mol. The summed E-state index contributed by atoms with van der Waals surface area (Å²) in [6.45, 7) is 4.00. The predicted octanol–water partition coefficient (Wildman–Crippen LogP) is 2.60. The van der Waals surface area contributed by atoms with E-state index in [0.29, 0.717) is 6.42 Å². The van der Waals surface area contributed by atoms with Crippen LogP contribution in [0.3, 0.4) is 0 Å². The molecule has 0 spiro atoms. The van der Waals surface area contributed by atoms with E-state index in [1.54, 1.807) is 16.2 Å². The second-order valence-corrected chi connectivity index (χ2v) is 10.3. The van der Waals surface area contributed by atoms with E-state index in [1.165, 1.54) is 18.1 Å². The van der Waals surface area contributed by atoms with Gasteiger partial charge >= 0.3 is 0 Å². The lowest BCUT2D eigenvalue weighted by Gasteiger charge is -2.33. The number of thioether (sulfide) groups is 1. The van der Waals surface area contributed by atoms with Crippen LogP contribution in [0.2, 0.25) is 0 Å². The molecule has 1 fully saturated rings. The highest BCUT2D eigenvalue weighted by molar-refractivity contribution is 8.00. The highest BCUT2D eigenvalue weighted by atomic mass is 32.2. The Morgan fingerprint density at radius 2 is 2.28 bits per heavy atom. The summed E-state index contributed by atoms with van der Waals surface area (Å²) in [5.41, 5.74) is 0. The molecule has 1 saturated heterocycles. The van der Waals surface area contributed by atoms with Crippen LogP contribution < -0.4 is 0 Å². The van der Waals surface area contributed by atoms with E-state index in [9.17, 15) is 13.2 Å². The van der Waals surface area contributed by atoms with Crippen molar-refractivity contribution in [1.82, 2.24) is 14.9 Å². The van der Waals surface area contributed by atoms with E-state index in [1.807, 2.05) is 25.3 Å². The summed E-state index contributed by atoms with van der Waals surface area (Å²) in [6.07, 6.45) is 2.85. The van der Waals surface area contributed by atoms with Crippen molar-refractivity contribution in [2.75, 3.05) is 17.3 Å². The van der Waals surface area contributed by atoms with Gasteiger partial charge in [-0.25, -0.2) is 18.4 Å². The molecule has 0 saturated carbocycles. The number of sulfone groups is 1. The molecule has 136 valence electrons. The third-order valence-electron chi connectivity index (χ3n) is 4.51. The lowest BCUT2D eigenvalue weighted by molar-refractivity contribution is -0.132. The van der Waals surface area contributed by atoms with Gasteiger partial charge in [-0.3, -0.25) is 4.79 Å². The summed E-state index contributed by atoms with van der Waals surface area (Å²) in [6, 6.07) is 1.78. The average Bonchev–Trinajstić information content (AvgIpc) is 3.19. The number of rotatable bonds is 6. The molecular formula is C16H21N3O3S3. The van der Waals surface area contributed by atoms with Crippen molar-refractivity contribution in [3.63, 3.8) is 0 Å². The number of thiophene rings is 1. The van der Waals surface area contributed by atoms with Crippen molar-refractivity contribution in [3.05, 3.63) is 17.8 Å². The van der Waals surface area contributed by atoms with E-state index in [4.69, 9.17) is 0 Å². The molecule has 2 atom stereocenters. The van der Waals surface area contributed by atoms with Gasteiger partial charge < -0.3 is 4.90 Å². The minimum atomic E-state index is -3.02. The second-order valence-electron chi connectivity index (χ2n) is 6.22. The monoisotopic (exact) mass is 399 g/mol. The first-order valence-corrected chi connectivity index (χ1v) is 11.9. The van der Waals surface area contributed by atoms with E-state index >= 15 is 0 Å². The number of carbonyl (C=O) groups is 1. The lowest BCUT2D eigenvalue weighted by Crippen LogP contribution is -2.47. The van der Waals surface area contributed by atoms with Crippen molar-refractivity contribution < 1.29 is 13.2 Å². The van der Waals surface area contributed by atoms with Crippen LogP contribution in [-0.4, -0.2) is 58.5 Å². The normalized spacial score (nSPS) is 20.6. The first-order valence-electron chi connectivity index (χ1n) is 8.24. The first kappa shape index (κ1) is 18.6. The molecule has 3 heterocycles. The van der Waals surface area contributed by atoms with Crippen LogP contribution in [0.15, 0.2) is 22.8 Å². The summed E-state index contributed by atoms with van der Waals surface area (Å²) >= 11 is 2.94. The molecule has 3 rings (SSSR count). The molecule has 0 aromatic carbocycles. The summed E-state index contributed by atoms with van der Waals surface area (Å²) < 4.78 is 23.6. The van der Waals surface area contributed by atoms with Crippen LogP contribution in [0, 0.1) is 0 Å². The Balaban J connectivity index is 1.73. The van der Waals surface area contributed by atoms with Gasteiger partial charge in [0.1, 0.15) is 16.2 Å². The molecule has 0 aliphatic carbocycles. The van der Waals surface area contributed by atoms with Gasteiger partial charge in [-0.05, 0) is 31.2 Å². The van der Waals surface area contributed by atoms with Crippen LogP contribution in [0.5, 0.6) is 0 Å². The predicted molar refractivity (Wildman–Crippen MR) is 102 cm³/mol. The van der Waals surface area contributed by atoms with E-state index < -0.39 is 9.84 Å². The highest BCUT2D eigenvalue weighted by Crippen LogP contribution is 2.29. The first-order chi connectivity index (χ1) is 11.9. The van der Waals surface area contributed by atoms with Gasteiger partial charge in [-0.1, -0.05) is 18.7 Å². The molecular weight excluding hydrogens is 378 g/mol. The van der Waals surface area contributed by atoms with Crippen molar-refractivity contribution >= 4 is 49.1 Å². The Hall–Kier alpha value is -1.19. The van der Waals surface area contributed by atoms with E-state index in [2.05, 4.69) is 9.97 Å². The van der Waals surface area contributed by atoms with Crippen molar-refractivity contribution in [2.45, 2.75) is 43.8 Å². The Labute approximate surface area is 156 Å². The Morgan fingerprint density at radius 1 is 1.48 bits per heavy atom. The summed E-state index contributed by atoms with van der Waals surface area (Å²) in [4.78, 5) is 24.1. The van der Waals surface area contributed by atoms with Crippen LogP contribution in [-0.2, 0) is 14.6 Å². The number of fused-ring (bicyclic) bond motifs is 1. The zero-order valence-electron chi connectivity index (χ0n) is 14.2. The lowest BCUT2D eigenvalue weighted by atomic mass is 10.1. The number of amides is 1. The topological polar surface area (TPSA) is 80.2 Å². The van der Waals surface area contributed by atoms with Gasteiger partial charge in [0.15, 0.2) is 9.84 Å². The molecule has 6 nitrogen and oxygen atoms in total. The molecule has 0 radical (unpaired) electrons. The zero-order valence-corrected chi connectivity index (χ0v) is 16.7. The molecule has 1 aliphatic rings. The van der Waals surface area contributed by atoms with E-state index in [0.717, 1.165) is 21.7 Å². The molecule has 2 aromatic rings. The van der Waals surface area contributed by atoms with Gasteiger partial charge in [0.2, 0.25) is 5.91 Å². The summed E-state index contributed by atoms with van der Waals surface area (Å²) in [5, 5.41) is 3.71. The number of aromatic nitrogens is 2. The molecule has 25 heavy (non-hydrogen) atoms. The third-order valence-corrected chi connectivity index (χ3v) is 8.07. The summed E-state index contributed by atoms with van der Waals surface area (Å²) in [7, 11) is -3.02. The maximum Gasteiger partial charge on any atom is 0.233 e. The zero-order chi connectivity index (χ0) is 18.0. The molecule has 1 aliphatic heterocycles. The molecule has 0 unspecified atom stereocenters. The minimum absolute atomic E-state index is 0.0246. The van der Waals surface area contributed by atoms with Gasteiger partial charge in [-0.15, -0.1) is 11.3 Å². The van der Waals surface area contributed by atoms with Gasteiger partial charge in [0.05, 0.1) is 17.3 Å². The van der Waals surface area contributed by atoms with Gasteiger partial charge in [0, 0.05) is 17.5 Å². The maximum atomic E-state index is 12.9. The summed E-state index contributed by atoms with van der Waals surface area (Å²) in [5.74, 6) is 0.481. The largest absolute Gasteiger partial charge is 0.335 e. The maximum absolute atomic E-state index is 12.9. The van der Waals surface area contributed by atoms with Crippen molar-refractivity contribution in [3.8, 4) is 0 Å². The number of carbonyl (C=O) groups excluding carboxylic acids is 1. The van der Waals surface area contributed by atoms with Crippen LogP contribution in [0.1, 0.15) is 26.7 Å². The van der Waals surface area contributed by atoms with E-state index in [-0.39, 0.29) is 35.2 Å². The number of hydrogen-bond donors (Lipinski definition) is 0.